The summed E-state index contributed by atoms with van der Waals surface area (Å²) in [6.45, 7) is 0.833. The summed E-state index contributed by atoms with van der Waals surface area (Å²) in [7, 11) is -0.505. The van der Waals surface area contributed by atoms with Crippen molar-refractivity contribution in [3.63, 3.8) is 0 Å². The average molecular weight is 545 g/mol. The topological polar surface area (TPSA) is 140 Å². The van der Waals surface area contributed by atoms with Gasteiger partial charge in [-0.15, -0.1) is 5.10 Å². The second-order valence-corrected chi connectivity index (χ2v) is 10.9. The Labute approximate surface area is 218 Å². The monoisotopic (exact) mass is 544 g/mol. The molecule has 0 fully saturated rings. The quantitative estimate of drug-likeness (QED) is 0.372. The van der Waals surface area contributed by atoms with Gasteiger partial charge in [-0.25, -0.2) is 8.42 Å². The molecule has 4 rings (SSSR count). The number of methoxy groups -OCH3 is 2. The Bertz CT molecular complexity index is 1430. The third-order valence-electron chi connectivity index (χ3n) is 5.11. The van der Waals surface area contributed by atoms with Gasteiger partial charge in [0.25, 0.3) is 5.91 Å². The number of benzene rings is 2. The highest BCUT2D eigenvalue weighted by atomic mass is 32.3. The van der Waals surface area contributed by atoms with Gasteiger partial charge in [0.05, 0.1) is 33.0 Å². The van der Waals surface area contributed by atoms with Crippen molar-refractivity contribution in [3.05, 3.63) is 53.6 Å². The number of hydrogen-bond acceptors (Lipinski definition) is 10. The lowest BCUT2D eigenvalue weighted by Gasteiger charge is -2.20. The molecule has 0 saturated carbocycles. The lowest BCUT2D eigenvalue weighted by atomic mass is 10.1. The third-order valence-corrected chi connectivity index (χ3v) is 7.69. The van der Waals surface area contributed by atoms with Gasteiger partial charge in [0.1, 0.15) is 11.5 Å². The molecular weight excluding hydrogens is 520 g/mol. The van der Waals surface area contributed by atoms with Crippen LogP contribution in [0, 0.1) is 5.41 Å². The van der Waals surface area contributed by atoms with Crippen LogP contribution >= 0.6 is 11.8 Å². The number of carbonyl (C=O) groups is 1. The van der Waals surface area contributed by atoms with Crippen LogP contribution in [0.2, 0.25) is 0 Å². The van der Waals surface area contributed by atoms with Crippen LogP contribution in [0.5, 0.6) is 23.0 Å². The number of thioether (sulfide) groups is 1. The van der Waals surface area contributed by atoms with E-state index in [-0.39, 0.29) is 21.0 Å². The van der Waals surface area contributed by atoms with Crippen molar-refractivity contribution < 1.29 is 32.2 Å². The van der Waals surface area contributed by atoms with Crippen LogP contribution in [0.15, 0.2) is 58.1 Å². The summed E-state index contributed by atoms with van der Waals surface area (Å²) >= 11 is 0.735. The zero-order valence-corrected chi connectivity index (χ0v) is 21.9. The highest BCUT2D eigenvalue weighted by molar-refractivity contribution is 8.42. The number of aliphatic imine (C=N–C) groups is 1. The van der Waals surface area contributed by atoms with Gasteiger partial charge in [0.15, 0.2) is 17.3 Å². The average Bonchev–Trinajstić information content (AvgIpc) is 3.32. The van der Waals surface area contributed by atoms with Gasteiger partial charge in [0.2, 0.25) is 19.4 Å². The Kier molecular flexibility index (Phi) is 7.83. The van der Waals surface area contributed by atoms with Gasteiger partial charge in [-0.05, 0) is 47.7 Å². The molecular formula is C24H24N4O7S2. The minimum atomic E-state index is -3.60. The molecule has 13 heteroatoms. The first kappa shape index (κ1) is 26.2. The first-order valence-corrected chi connectivity index (χ1v) is 13.7. The van der Waals surface area contributed by atoms with E-state index >= 15 is 0 Å². The minimum Gasteiger partial charge on any atom is -0.497 e. The lowest BCUT2D eigenvalue weighted by molar-refractivity contribution is -0.114. The van der Waals surface area contributed by atoms with E-state index in [2.05, 4.69) is 10.1 Å². The first-order valence-electron chi connectivity index (χ1n) is 11.0. The number of rotatable bonds is 9. The smallest absolute Gasteiger partial charge is 0.283 e. The van der Waals surface area contributed by atoms with Gasteiger partial charge in [0, 0.05) is 18.7 Å². The molecule has 2 aliphatic rings. The van der Waals surface area contributed by atoms with Crippen LogP contribution < -0.4 is 18.9 Å². The molecule has 0 spiro atoms. The molecule has 0 atom stereocenters. The molecule has 0 aliphatic carbocycles. The van der Waals surface area contributed by atoms with Crippen LogP contribution in [0.4, 0.5) is 0 Å². The summed E-state index contributed by atoms with van der Waals surface area (Å²) < 4.78 is 45.5. The summed E-state index contributed by atoms with van der Waals surface area (Å²) in [6.07, 6.45) is 3.10. The fourth-order valence-electron chi connectivity index (χ4n) is 3.31. The second kappa shape index (κ2) is 11.0. The van der Waals surface area contributed by atoms with Crippen molar-refractivity contribution in [2.75, 3.05) is 33.7 Å². The van der Waals surface area contributed by atoms with Crippen molar-refractivity contribution in [1.82, 2.24) is 5.01 Å². The molecule has 1 amide bonds. The van der Waals surface area contributed by atoms with Gasteiger partial charge >= 0.3 is 0 Å². The SMILES string of the molecule is COc1cccc(OCCCOc2ccc(/C=C3/C(=N)N4N=C(S(C)(=O)=O)SC4=NC3=O)cc2OC)c1. The van der Waals surface area contributed by atoms with E-state index in [1.807, 2.05) is 18.2 Å². The number of hydrogen-bond donors (Lipinski definition) is 1. The number of carbonyl (C=O) groups excluding carboxylic acids is 1. The van der Waals surface area contributed by atoms with Crippen LogP contribution in [-0.2, 0) is 14.6 Å². The minimum absolute atomic E-state index is 0.0317. The maximum absolute atomic E-state index is 12.6. The molecule has 0 aromatic heterocycles. The molecule has 11 nitrogen and oxygen atoms in total. The highest BCUT2D eigenvalue weighted by Crippen LogP contribution is 2.32. The van der Waals surface area contributed by atoms with E-state index in [0.717, 1.165) is 28.8 Å². The Balaban J connectivity index is 1.40. The van der Waals surface area contributed by atoms with Crippen molar-refractivity contribution >= 4 is 49.0 Å². The van der Waals surface area contributed by atoms with E-state index < -0.39 is 15.7 Å². The predicted octanol–water partition coefficient (Wildman–Crippen LogP) is 3.17. The standard InChI is InChI=1S/C24H24N4O7S2/c1-32-16-6-4-7-17(14-16)34-10-5-11-35-19-9-8-15(13-20(19)33-2)12-18-21(25)28-23(26-22(18)29)36-24(27-28)37(3,30)31/h4,6-9,12-14,25H,5,10-11H2,1-3H3/b18-12-,25-21?. The Morgan fingerprint density at radius 1 is 1.03 bits per heavy atom. The summed E-state index contributed by atoms with van der Waals surface area (Å²) in [5.74, 6) is 1.45. The molecule has 2 heterocycles. The lowest BCUT2D eigenvalue weighted by Crippen LogP contribution is -2.35. The number of ether oxygens (including phenoxy) is 4. The van der Waals surface area contributed by atoms with Gasteiger partial charge in [-0.1, -0.05) is 12.1 Å². The summed E-state index contributed by atoms with van der Waals surface area (Å²) in [6, 6.07) is 12.4. The molecule has 37 heavy (non-hydrogen) atoms. The van der Waals surface area contributed by atoms with Gasteiger partial charge in [-0.3, -0.25) is 10.2 Å². The van der Waals surface area contributed by atoms with Crippen LogP contribution in [-0.4, -0.2) is 68.4 Å². The molecule has 194 valence electrons. The van der Waals surface area contributed by atoms with Crippen LogP contribution in [0.1, 0.15) is 12.0 Å². The first-order chi connectivity index (χ1) is 17.7. The number of amides is 1. The molecule has 0 unspecified atom stereocenters. The van der Waals surface area contributed by atoms with Crippen LogP contribution in [0.3, 0.4) is 0 Å². The molecule has 2 aromatic carbocycles. The number of hydrazone groups is 1. The van der Waals surface area contributed by atoms with E-state index in [0.29, 0.717) is 42.4 Å². The fraction of sp³-hybridized carbons (Fsp3) is 0.250. The zero-order valence-electron chi connectivity index (χ0n) is 20.3. The van der Waals surface area contributed by atoms with Crippen molar-refractivity contribution in [2.45, 2.75) is 6.42 Å². The number of nitrogens with zero attached hydrogens (tertiary/aromatic N) is 3. The Hall–Kier alpha value is -3.84. The number of sulfone groups is 1. The van der Waals surface area contributed by atoms with E-state index in [9.17, 15) is 13.2 Å². The van der Waals surface area contributed by atoms with Crippen molar-refractivity contribution in [2.24, 2.45) is 10.1 Å². The highest BCUT2D eigenvalue weighted by Gasteiger charge is 2.38. The number of amidine groups is 2. The molecule has 2 aliphatic heterocycles. The normalized spacial score (nSPS) is 16.3. The summed E-state index contributed by atoms with van der Waals surface area (Å²) in [5, 5.41) is 13.4. The molecule has 0 radical (unpaired) electrons. The van der Waals surface area contributed by atoms with Gasteiger partial charge < -0.3 is 18.9 Å². The fourth-order valence-corrected chi connectivity index (χ4v) is 4.99. The van der Waals surface area contributed by atoms with E-state index in [1.54, 1.807) is 31.4 Å². The number of nitrogens with one attached hydrogen (secondary N) is 1. The van der Waals surface area contributed by atoms with E-state index in [1.165, 1.54) is 13.2 Å². The zero-order chi connectivity index (χ0) is 26.6. The maximum atomic E-state index is 12.6. The Morgan fingerprint density at radius 3 is 2.51 bits per heavy atom. The maximum Gasteiger partial charge on any atom is 0.283 e. The largest absolute Gasteiger partial charge is 0.497 e. The third kappa shape index (κ3) is 6.12. The van der Waals surface area contributed by atoms with Crippen molar-refractivity contribution in [3.8, 4) is 23.0 Å². The predicted molar refractivity (Wildman–Crippen MR) is 141 cm³/mol. The summed E-state index contributed by atoms with van der Waals surface area (Å²) in [5.41, 5.74) is 0.532. The summed E-state index contributed by atoms with van der Waals surface area (Å²) in [4.78, 5) is 16.4. The van der Waals surface area contributed by atoms with Gasteiger partial charge in [-0.2, -0.15) is 10.0 Å². The molecule has 2 aromatic rings. The Morgan fingerprint density at radius 2 is 1.78 bits per heavy atom. The molecule has 1 N–H and O–H groups in total. The second-order valence-electron chi connectivity index (χ2n) is 7.80. The number of fused-ring (bicyclic) bond motifs is 1. The van der Waals surface area contributed by atoms with Crippen LogP contribution in [0.25, 0.3) is 6.08 Å². The molecule has 0 saturated heterocycles. The van der Waals surface area contributed by atoms with E-state index in [4.69, 9.17) is 24.4 Å². The van der Waals surface area contributed by atoms with Crippen molar-refractivity contribution in [1.29, 1.82) is 5.41 Å². The molecule has 0 bridgehead atoms.